The fraction of sp³-hybridized carbons (Fsp3) is 0.211. The van der Waals surface area contributed by atoms with E-state index in [1.54, 1.807) is 30.3 Å². The number of hydrogen-bond donors (Lipinski definition) is 2. The van der Waals surface area contributed by atoms with Crippen LogP contribution in [0.1, 0.15) is 43.4 Å². The highest BCUT2D eigenvalue weighted by Gasteiger charge is 2.56. The molecule has 2 aliphatic rings. The molecule has 0 radical (unpaired) electrons. The van der Waals surface area contributed by atoms with Crippen LogP contribution >= 0.6 is 23.2 Å². The highest BCUT2D eigenvalue weighted by Crippen LogP contribution is 2.59. The molecule has 6 nitrogen and oxygen atoms in total. The molecule has 3 atom stereocenters. The molecule has 0 saturated heterocycles. The van der Waals surface area contributed by atoms with Crippen LogP contribution in [-0.2, 0) is 19.9 Å². The topological polar surface area (TPSA) is 93.1 Å². The summed E-state index contributed by atoms with van der Waals surface area (Å²) in [4.78, 5) is 25.3. The summed E-state index contributed by atoms with van der Waals surface area (Å²) in [7, 11) is 0. The maximum Gasteiger partial charge on any atom is 0.294 e. The highest BCUT2D eigenvalue weighted by molar-refractivity contribution is 6.42. The molecule has 3 unspecified atom stereocenters. The number of ether oxygens (including phenoxy) is 2. The standard InChI is InChI=1S/C38H32Cl2O6/c1-22(2)31(42)17-13-25-19-28-37(34(35(25)44)24-11-7-4-8-12-24)46-36-27(15-18-32(43)33(36)23-9-5-3-6-10-23)38(28,45-21-41)26-14-16-29(39)30(40)20-26/h3-12,14-16,18-22,28,37,43-44H,13,17H2,1-2H3. The lowest BCUT2D eigenvalue weighted by atomic mass is 9.65. The fourth-order valence-corrected chi connectivity index (χ4v) is 6.84. The normalized spacial score (nSPS) is 20.3. The zero-order valence-electron chi connectivity index (χ0n) is 25.2. The summed E-state index contributed by atoms with van der Waals surface area (Å²) in [5, 5.41) is 23.8. The van der Waals surface area contributed by atoms with Crippen LogP contribution in [0.25, 0.3) is 16.7 Å². The summed E-state index contributed by atoms with van der Waals surface area (Å²) in [6.45, 7) is 4.08. The summed E-state index contributed by atoms with van der Waals surface area (Å²) >= 11 is 13.0. The average Bonchev–Trinajstić information content (AvgIpc) is 3.05. The van der Waals surface area contributed by atoms with E-state index >= 15 is 0 Å². The monoisotopic (exact) mass is 654 g/mol. The Bertz CT molecular complexity index is 1870. The number of Topliss-reactive ketones (excluding diaryl/α,β-unsaturated/α-hetero) is 1. The summed E-state index contributed by atoms with van der Waals surface area (Å²) in [5.74, 6) is -0.613. The van der Waals surface area contributed by atoms with Crippen molar-refractivity contribution in [2.75, 3.05) is 0 Å². The molecule has 6 rings (SSSR count). The first-order chi connectivity index (χ1) is 22.2. The summed E-state index contributed by atoms with van der Waals surface area (Å²) in [6.07, 6.45) is 1.41. The van der Waals surface area contributed by atoms with Crippen molar-refractivity contribution in [3.8, 4) is 22.6 Å². The first-order valence-electron chi connectivity index (χ1n) is 15.0. The lowest BCUT2D eigenvalue weighted by Gasteiger charge is -2.49. The van der Waals surface area contributed by atoms with Gasteiger partial charge in [0.2, 0.25) is 0 Å². The van der Waals surface area contributed by atoms with Crippen LogP contribution in [0.15, 0.2) is 108 Å². The SMILES string of the molecule is CC(C)C(=O)CCC1=CC2C(Oc3c(ccc(O)c3-c3ccccc3)C2(OC=O)c2ccc(Cl)c(Cl)c2)C(c2ccccc2)=C1O. The van der Waals surface area contributed by atoms with Crippen LogP contribution in [0.5, 0.6) is 11.5 Å². The molecule has 2 N–H and O–H groups in total. The zero-order valence-corrected chi connectivity index (χ0v) is 26.8. The van der Waals surface area contributed by atoms with E-state index < -0.39 is 17.6 Å². The van der Waals surface area contributed by atoms with Gasteiger partial charge in [-0.2, -0.15) is 0 Å². The Hall–Kier alpha value is -4.52. The molecule has 0 saturated carbocycles. The molecule has 1 aliphatic carbocycles. The van der Waals surface area contributed by atoms with E-state index in [1.807, 2.05) is 80.6 Å². The van der Waals surface area contributed by atoms with Gasteiger partial charge in [-0.1, -0.05) is 110 Å². The quantitative estimate of drug-likeness (QED) is 0.175. The lowest BCUT2D eigenvalue weighted by molar-refractivity contribution is -0.148. The number of aromatic hydroxyl groups is 1. The summed E-state index contributed by atoms with van der Waals surface area (Å²) in [6, 6.07) is 26.9. The Morgan fingerprint density at radius 3 is 2.24 bits per heavy atom. The first-order valence-corrected chi connectivity index (χ1v) is 15.8. The fourth-order valence-electron chi connectivity index (χ4n) is 6.54. The first kappa shape index (κ1) is 31.5. The number of aliphatic hydroxyl groups is 1. The van der Waals surface area contributed by atoms with Gasteiger partial charge in [-0.15, -0.1) is 0 Å². The van der Waals surface area contributed by atoms with Gasteiger partial charge in [-0.05, 0) is 47.4 Å². The van der Waals surface area contributed by atoms with Crippen molar-refractivity contribution in [1.29, 1.82) is 0 Å². The maximum atomic E-state index is 12.7. The Morgan fingerprint density at radius 2 is 1.61 bits per heavy atom. The van der Waals surface area contributed by atoms with E-state index in [1.165, 1.54) is 0 Å². The number of carbonyl (C=O) groups excluding carboxylic acids is 2. The van der Waals surface area contributed by atoms with Gasteiger partial charge in [0.25, 0.3) is 6.47 Å². The van der Waals surface area contributed by atoms with E-state index in [2.05, 4.69) is 0 Å². The van der Waals surface area contributed by atoms with Gasteiger partial charge in [0.1, 0.15) is 29.1 Å². The smallest absolute Gasteiger partial charge is 0.294 e. The zero-order chi connectivity index (χ0) is 32.6. The molecule has 4 aromatic rings. The van der Waals surface area contributed by atoms with Crippen molar-refractivity contribution in [3.63, 3.8) is 0 Å². The number of benzene rings is 4. The highest BCUT2D eigenvalue weighted by atomic mass is 35.5. The van der Waals surface area contributed by atoms with Gasteiger partial charge in [0, 0.05) is 29.0 Å². The molecule has 234 valence electrons. The number of ketones is 1. The third kappa shape index (κ3) is 5.36. The van der Waals surface area contributed by atoms with Gasteiger partial charge in [-0.25, -0.2) is 0 Å². The van der Waals surface area contributed by atoms with Crippen LogP contribution in [0.2, 0.25) is 10.0 Å². The molecule has 0 spiro atoms. The number of carbonyl (C=O) groups is 2. The molecule has 1 aliphatic heterocycles. The Kier molecular flexibility index (Phi) is 8.69. The number of phenols is 1. The van der Waals surface area contributed by atoms with Crippen molar-refractivity contribution < 1.29 is 29.3 Å². The number of halogens is 2. The number of phenolic OH excluding ortho intramolecular Hbond substituents is 1. The van der Waals surface area contributed by atoms with Gasteiger partial charge < -0.3 is 19.7 Å². The molecule has 0 fully saturated rings. The van der Waals surface area contributed by atoms with Crippen molar-refractivity contribution in [2.45, 2.75) is 38.4 Å². The summed E-state index contributed by atoms with van der Waals surface area (Å²) < 4.78 is 13.1. The predicted molar refractivity (Wildman–Crippen MR) is 179 cm³/mol. The largest absolute Gasteiger partial charge is 0.507 e. The van der Waals surface area contributed by atoms with E-state index in [0.717, 1.165) is 0 Å². The minimum Gasteiger partial charge on any atom is -0.507 e. The average molecular weight is 656 g/mol. The molecular formula is C38H32Cl2O6. The van der Waals surface area contributed by atoms with Crippen LogP contribution in [0.3, 0.4) is 0 Å². The van der Waals surface area contributed by atoms with Crippen LogP contribution < -0.4 is 4.74 Å². The third-order valence-corrected chi connectivity index (χ3v) is 9.55. The number of hydrogen-bond acceptors (Lipinski definition) is 6. The third-order valence-electron chi connectivity index (χ3n) is 8.82. The Morgan fingerprint density at radius 1 is 0.935 bits per heavy atom. The molecule has 4 aromatic carbocycles. The van der Waals surface area contributed by atoms with Crippen LogP contribution in [0.4, 0.5) is 0 Å². The van der Waals surface area contributed by atoms with Crippen LogP contribution in [0, 0.1) is 11.8 Å². The van der Waals surface area contributed by atoms with Crippen LogP contribution in [-0.4, -0.2) is 28.6 Å². The van der Waals surface area contributed by atoms with Crippen molar-refractivity contribution >= 4 is 41.0 Å². The second-order valence-electron chi connectivity index (χ2n) is 11.8. The molecule has 0 bridgehead atoms. The van der Waals surface area contributed by atoms with Crippen molar-refractivity contribution in [1.82, 2.24) is 0 Å². The lowest BCUT2D eigenvalue weighted by Crippen LogP contribution is -2.51. The Labute approximate surface area is 277 Å². The van der Waals surface area contributed by atoms with Gasteiger partial charge >= 0.3 is 0 Å². The number of aliphatic hydroxyl groups excluding tert-OH is 1. The van der Waals surface area contributed by atoms with Gasteiger partial charge in [-0.3, -0.25) is 9.59 Å². The molecule has 46 heavy (non-hydrogen) atoms. The van der Waals surface area contributed by atoms with E-state index in [0.29, 0.717) is 50.5 Å². The predicted octanol–water partition coefficient (Wildman–Crippen LogP) is 9.07. The van der Waals surface area contributed by atoms with Crippen molar-refractivity contribution in [3.05, 3.63) is 135 Å². The van der Waals surface area contributed by atoms with Crippen molar-refractivity contribution in [2.24, 2.45) is 11.8 Å². The van der Waals surface area contributed by atoms with Gasteiger partial charge in [0.05, 0.1) is 21.5 Å². The number of allylic oxidation sites excluding steroid dienone is 1. The maximum absolute atomic E-state index is 12.7. The molecule has 0 amide bonds. The molecule has 8 heteroatoms. The Balaban J connectivity index is 1.69. The molecule has 1 heterocycles. The molecular weight excluding hydrogens is 623 g/mol. The van der Waals surface area contributed by atoms with E-state index in [-0.39, 0.29) is 46.8 Å². The number of fused-ring (bicyclic) bond motifs is 2. The second kappa shape index (κ2) is 12.7. The van der Waals surface area contributed by atoms with E-state index in [4.69, 9.17) is 32.7 Å². The minimum absolute atomic E-state index is 0.0111. The molecule has 0 aromatic heterocycles. The summed E-state index contributed by atoms with van der Waals surface area (Å²) in [5.41, 5.74) is 2.20. The van der Waals surface area contributed by atoms with Gasteiger partial charge in [0.15, 0.2) is 5.60 Å². The minimum atomic E-state index is -1.56. The number of rotatable bonds is 9. The second-order valence-corrected chi connectivity index (χ2v) is 12.6. The van der Waals surface area contributed by atoms with E-state index in [9.17, 15) is 19.8 Å².